The zero-order valence-corrected chi connectivity index (χ0v) is 14.0. The summed E-state index contributed by atoms with van der Waals surface area (Å²) in [6, 6.07) is 13.7. The molecule has 0 aromatic heterocycles. The maximum atomic E-state index is 13.2. The zero-order valence-electron chi connectivity index (χ0n) is 13.2. The van der Waals surface area contributed by atoms with Gasteiger partial charge in [-0.2, -0.15) is 0 Å². The number of hydrogen-bond acceptors (Lipinski definition) is 2. The van der Waals surface area contributed by atoms with Gasteiger partial charge < -0.3 is 10.2 Å². The van der Waals surface area contributed by atoms with E-state index in [0.29, 0.717) is 10.8 Å². The summed E-state index contributed by atoms with van der Waals surface area (Å²) in [4.78, 5) is 4.40. The second kappa shape index (κ2) is 7.68. The highest BCUT2D eigenvalue weighted by Gasteiger charge is 2.19. The Morgan fingerprint density at radius 1 is 0.958 bits per heavy atom. The SMILES string of the molecule is Fc1cc(F)cc(NC(=S)N2CCN(Cc3ccccc3)CC2)c1. The summed E-state index contributed by atoms with van der Waals surface area (Å²) < 4.78 is 26.5. The van der Waals surface area contributed by atoms with Gasteiger partial charge in [-0.25, -0.2) is 8.78 Å². The van der Waals surface area contributed by atoms with E-state index in [0.717, 1.165) is 38.8 Å². The number of nitrogens with zero attached hydrogens (tertiary/aromatic N) is 2. The lowest BCUT2D eigenvalue weighted by Crippen LogP contribution is -2.49. The molecule has 1 fully saturated rings. The van der Waals surface area contributed by atoms with Gasteiger partial charge in [0.05, 0.1) is 0 Å². The minimum absolute atomic E-state index is 0.337. The maximum absolute atomic E-state index is 13.2. The molecule has 1 N–H and O–H groups in total. The van der Waals surface area contributed by atoms with Crippen molar-refractivity contribution in [1.29, 1.82) is 0 Å². The second-order valence-electron chi connectivity index (χ2n) is 5.84. The van der Waals surface area contributed by atoms with Crippen LogP contribution in [0.15, 0.2) is 48.5 Å². The molecule has 2 aromatic carbocycles. The third-order valence-electron chi connectivity index (χ3n) is 4.02. The Morgan fingerprint density at radius 2 is 1.58 bits per heavy atom. The summed E-state index contributed by atoms with van der Waals surface area (Å²) in [5.74, 6) is -1.24. The summed E-state index contributed by atoms with van der Waals surface area (Å²) >= 11 is 5.36. The molecular weight excluding hydrogens is 328 g/mol. The van der Waals surface area contributed by atoms with E-state index >= 15 is 0 Å². The van der Waals surface area contributed by atoms with Gasteiger partial charge in [0.2, 0.25) is 0 Å². The Labute approximate surface area is 145 Å². The number of halogens is 2. The molecule has 1 aliphatic heterocycles. The smallest absolute Gasteiger partial charge is 0.173 e. The monoisotopic (exact) mass is 347 g/mol. The Bertz CT molecular complexity index is 680. The van der Waals surface area contributed by atoms with Crippen molar-refractivity contribution in [2.45, 2.75) is 6.54 Å². The molecule has 0 spiro atoms. The summed E-state index contributed by atoms with van der Waals surface area (Å²) in [6.07, 6.45) is 0. The lowest BCUT2D eigenvalue weighted by molar-refractivity contribution is 0.177. The van der Waals surface area contributed by atoms with Gasteiger partial charge >= 0.3 is 0 Å². The first-order chi connectivity index (χ1) is 11.6. The number of benzene rings is 2. The molecule has 1 aliphatic rings. The molecule has 0 aliphatic carbocycles. The van der Waals surface area contributed by atoms with Crippen molar-refractivity contribution in [3.63, 3.8) is 0 Å². The van der Waals surface area contributed by atoms with E-state index in [2.05, 4.69) is 22.3 Å². The molecule has 0 atom stereocenters. The lowest BCUT2D eigenvalue weighted by Gasteiger charge is -2.36. The fourth-order valence-corrected chi connectivity index (χ4v) is 3.08. The topological polar surface area (TPSA) is 18.5 Å². The summed E-state index contributed by atoms with van der Waals surface area (Å²) in [5.41, 5.74) is 1.63. The van der Waals surface area contributed by atoms with Crippen LogP contribution >= 0.6 is 12.2 Å². The highest BCUT2D eigenvalue weighted by molar-refractivity contribution is 7.80. The van der Waals surface area contributed by atoms with Gasteiger partial charge in [0, 0.05) is 44.5 Å². The molecule has 1 saturated heterocycles. The molecule has 1 heterocycles. The molecule has 0 bridgehead atoms. The molecule has 2 aromatic rings. The Hall–Kier alpha value is -2.05. The Balaban J connectivity index is 1.51. The van der Waals surface area contributed by atoms with Crippen molar-refractivity contribution in [2.24, 2.45) is 0 Å². The molecule has 0 radical (unpaired) electrons. The van der Waals surface area contributed by atoms with Crippen LogP contribution in [0.4, 0.5) is 14.5 Å². The first kappa shape index (κ1) is 16.8. The summed E-state index contributed by atoms with van der Waals surface area (Å²) in [5, 5.41) is 3.42. The van der Waals surface area contributed by atoms with E-state index in [4.69, 9.17) is 12.2 Å². The molecule has 0 unspecified atom stereocenters. The molecule has 3 nitrogen and oxygen atoms in total. The van der Waals surface area contributed by atoms with Gasteiger partial charge in [-0.15, -0.1) is 0 Å². The minimum atomic E-state index is -0.618. The molecule has 0 saturated carbocycles. The average Bonchev–Trinajstić information content (AvgIpc) is 2.55. The molecule has 24 heavy (non-hydrogen) atoms. The summed E-state index contributed by atoms with van der Waals surface area (Å²) in [6.45, 7) is 4.29. The highest BCUT2D eigenvalue weighted by Crippen LogP contribution is 2.15. The quantitative estimate of drug-likeness (QED) is 0.857. The number of hydrogen-bond donors (Lipinski definition) is 1. The fraction of sp³-hybridized carbons (Fsp3) is 0.278. The third-order valence-corrected chi connectivity index (χ3v) is 4.38. The fourth-order valence-electron chi connectivity index (χ4n) is 2.78. The molecule has 6 heteroatoms. The minimum Gasteiger partial charge on any atom is -0.346 e. The number of nitrogens with one attached hydrogen (secondary N) is 1. The molecule has 126 valence electrons. The predicted octanol–water partition coefficient (Wildman–Crippen LogP) is 3.48. The molecule has 3 rings (SSSR count). The largest absolute Gasteiger partial charge is 0.346 e. The van der Waals surface area contributed by atoms with E-state index in [1.165, 1.54) is 17.7 Å². The van der Waals surface area contributed by atoms with Crippen LogP contribution in [-0.2, 0) is 6.54 Å². The van der Waals surface area contributed by atoms with E-state index in [9.17, 15) is 8.78 Å². The first-order valence-electron chi connectivity index (χ1n) is 7.88. The number of anilines is 1. The third kappa shape index (κ3) is 4.49. The van der Waals surface area contributed by atoms with E-state index < -0.39 is 11.6 Å². The first-order valence-corrected chi connectivity index (χ1v) is 8.29. The molecular formula is C18H19F2N3S. The van der Waals surface area contributed by atoms with E-state index in [-0.39, 0.29) is 0 Å². The summed E-state index contributed by atoms with van der Waals surface area (Å²) in [7, 11) is 0. The van der Waals surface area contributed by atoms with Crippen molar-refractivity contribution in [3.05, 3.63) is 65.7 Å². The van der Waals surface area contributed by atoms with Crippen LogP contribution in [0.1, 0.15) is 5.56 Å². The second-order valence-corrected chi connectivity index (χ2v) is 6.22. The zero-order chi connectivity index (χ0) is 16.9. The van der Waals surface area contributed by atoms with Gasteiger partial charge in [-0.05, 0) is 29.9 Å². The van der Waals surface area contributed by atoms with Crippen molar-refractivity contribution < 1.29 is 8.78 Å². The van der Waals surface area contributed by atoms with Crippen LogP contribution in [-0.4, -0.2) is 41.1 Å². The van der Waals surface area contributed by atoms with Crippen molar-refractivity contribution in [1.82, 2.24) is 9.80 Å². The highest BCUT2D eigenvalue weighted by atomic mass is 32.1. The normalized spacial score (nSPS) is 15.3. The maximum Gasteiger partial charge on any atom is 0.173 e. The Kier molecular flexibility index (Phi) is 5.37. The van der Waals surface area contributed by atoms with Crippen molar-refractivity contribution in [3.8, 4) is 0 Å². The van der Waals surface area contributed by atoms with Gasteiger partial charge in [0.15, 0.2) is 5.11 Å². The van der Waals surface area contributed by atoms with E-state index in [1.54, 1.807) is 0 Å². The number of thiocarbonyl (C=S) groups is 1. The van der Waals surface area contributed by atoms with Gasteiger partial charge in [0.25, 0.3) is 0 Å². The van der Waals surface area contributed by atoms with Crippen LogP contribution in [0.2, 0.25) is 0 Å². The number of rotatable bonds is 3. The number of piperazine rings is 1. The van der Waals surface area contributed by atoms with Gasteiger partial charge in [-0.1, -0.05) is 30.3 Å². The van der Waals surface area contributed by atoms with E-state index in [1.807, 2.05) is 23.1 Å². The van der Waals surface area contributed by atoms with Crippen LogP contribution in [0, 0.1) is 11.6 Å². The Morgan fingerprint density at radius 3 is 2.21 bits per heavy atom. The predicted molar refractivity (Wildman–Crippen MR) is 95.9 cm³/mol. The lowest BCUT2D eigenvalue weighted by atomic mass is 10.2. The molecule has 0 amide bonds. The van der Waals surface area contributed by atoms with Gasteiger partial charge in [0.1, 0.15) is 11.6 Å². The van der Waals surface area contributed by atoms with Crippen LogP contribution in [0.5, 0.6) is 0 Å². The van der Waals surface area contributed by atoms with Crippen LogP contribution in [0.25, 0.3) is 0 Å². The standard InChI is InChI=1S/C18H19F2N3S/c19-15-10-16(20)12-17(11-15)21-18(24)23-8-6-22(7-9-23)13-14-4-2-1-3-5-14/h1-5,10-12H,6-9,13H2,(H,21,24). The van der Waals surface area contributed by atoms with Crippen molar-refractivity contribution in [2.75, 3.05) is 31.5 Å². The average molecular weight is 347 g/mol. The van der Waals surface area contributed by atoms with Crippen LogP contribution < -0.4 is 5.32 Å². The van der Waals surface area contributed by atoms with Crippen molar-refractivity contribution >= 4 is 23.0 Å². The van der Waals surface area contributed by atoms with Gasteiger partial charge in [-0.3, -0.25) is 4.90 Å². The van der Waals surface area contributed by atoms with Crippen LogP contribution in [0.3, 0.4) is 0 Å².